The van der Waals surface area contributed by atoms with Crippen molar-refractivity contribution in [3.05, 3.63) is 69.2 Å². The molecule has 5 rings (SSSR count). The van der Waals surface area contributed by atoms with Crippen LogP contribution in [0.25, 0.3) is 5.57 Å². The molecular weight excluding hydrogens is 758 g/mol. The second kappa shape index (κ2) is 17.7. The quantitative estimate of drug-likeness (QED) is 0.145. The summed E-state index contributed by atoms with van der Waals surface area (Å²) in [6.45, 7) is 13.4. The van der Waals surface area contributed by atoms with E-state index in [0.717, 1.165) is 21.0 Å². The highest BCUT2D eigenvalue weighted by atomic mass is 16.7. The van der Waals surface area contributed by atoms with Gasteiger partial charge in [-0.15, -0.1) is 0 Å². The van der Waals surface area contributed by atoms with Crippen LogP contribution in [0.15, 0.2) is 52.5 Å². The van der Waals surface area contributed by atoms with Crippen LogP contribution in [-0.4, -0.2) is 99.1 Å². The molecule has 1 aromatic carbocycles. The number of rotatable bonds is 3. The Hall–Kier alpha value is -5.29. The molecule has 3 aliphatic heterocycles. The number of nitrogens with one attached hydrogen (secondary N) is 1. The molecule has 4 aliphatic rings. The summed E-state index contributed by atoms with van der Waals surface area (Å²) >= 11 is 0. The minimum absolute atomic E-state index is 0.00972. The summed E-state index contributed by atoms with van der Waals surface area (Å²) in [5.41, 5.74) is -2.49. The van der Waals surface area contributed by atoms with Crippen molar-refractivity contribution in [2.75, 3.05) is 19.2 Å². The number of ketones is 1. The van der Waals surface area contributed by atoms with Gasteiger partial charge in [0.1, 0.15) is 34.9 Å². The Labute approximate surface area is 336 Å². The number of hydrogen-bond acceptors (Lipinski definition) is 15. The Bertz CT molecular complexity index is 2040. The molecule has 3 heterocycles. The average Bonchev–Trinajstić information content (AvgIpc) is 3.16. The van der Waals surface area contributed by atoms with Gasteiger partial charge in [0.25, 0.3) is 5.91 Å². The van der Waals surface area contributed by atoms with Gasteiger partial charge in [0.15, 0.2) is 11.5 Å². The summed E-state index contributed by atoms with van der Waals surface area (Å²) in [7, 11) is 1.06. The van der Waals surface area contributed by atoms with Gasteiger partial charge in [0.2, 0.25) is 6.79 Å². The standard InChI is InChI=1S/C42H53NO15/c1-17-13-12-14-18(2)40(51)43-30-20(4)37(57-24(8)44)26-27(34(30)49)33(48)22(6)36-28(26)35(55-16-56-36)19(3)15-42(10,53)39(50)23(7)38(58-25(9)45)29(41(52)54-11)32(47)21(5)31(17)46/h12-15,17,21,23,29,31-32,38-39,46-47,49-50,53H,16H2,1-11H3,(H,43,51)/b13-12-,18-14+,19-15-/t17-,21-,23-,29-,31+,32+,38-,39+,42-/m1/s1. The van der Waals surface area contributed by atoms with Crippen LogP contribution in [0.5, 0.6) is 11.5 Å². The van der Waals surface area contributed by atoms with E-state index in [2.05, 4.69) is 5.32 Å². The number of phenols is 1. The molecule has 316 valence electrons. The lowest BCUT2D eigenvalue weighted by Gasteiger charge is -2.40. The molecule has 0 radical (unpaired) electrons. The van der Waals surface area contributed by atoms with Crippen LogP contribution in [0.2, 0.25) is 0 Å². The molecule has 16 nitrogen and oxygen atoms in total. The van der Waals surface area contributed by atoms with Crippen molar-refractivity contribution < 1.29 is 73.2 Å². The van der Waals surface area contributed by atoms with Gasteiger partial charge in [-0.25, -0.2) is 0 Å². The maximum Gasteiger partial charge on any atom is 0.315 e. The summed E-state index contributed by atoms with van der Waals surface area (Å²) in [5.74, 6) is -9.71. The number of carbonyl (C=O) groups excluding carboxylic acids is 5. The van der Waals surface area contributed by atoms with Crippen molar-refractivity contribution in [3.63, 3.8) is 0 Å². The highest BCUT2D eigenvalue weighted by molar-refractivity contribution is 6.21. The largest absolute Gasteiger partial charge is 0.505 e. The van der Waals surface area contributed by atoms with Gasteiger partial charge in [-0.1, -0.05) is 39.0 Å². The zero-order valence-corrected chi connectivity index (χ0v) is 34.5. The van der Waals surface area contributed by atoms with Crippen molar-refractivity contribution in [3.8, 4) is 11.5 Å². The van der Waals surface area contributed by atoms with Crippen molar-refractivity contribution in [1.82, 2.24) is 0 Å². The number of aromatic hydroxyl groups is 1. The van der Waals surface area contributed by atoms with Gasteiger partial charge < -0.3 is 54.5 Å². The van der Waals surface area contributed by atoms with E-state index in [-0.39, 0.29) is 61.9 Å². The first-order valence-corrected chi connectivity index (χ1v) is 18.7. The third-order valence-corrected chi connectivity index (χ3v) is 10.9. The van der Waals surface area contributed by atoms with E-state index in [1.165, 1.54) is 66.7 Å². The van der Waals surface area contributed by atoms with Crippen molar-refractivity contribution in [2.24, 2.45) is 23.7 Å². The number of aliphatic hydroxyl groups excluding tert-OH is 3. The van der Waals surface area contributed by atoms with Crippen molar-refractivity contribution >= 4 is 40.9 Å². The number of amides is 1. The first-order chi connectivity index (χ1) is 27.0. The predicted octanol–water partition coefficient (Wildman–Crippen LogP) is 3.68. The topological polar surface area (TPSA) is 245 Å². The Morgan fingerprint density at radius 1 is 0.897 bits per heavy atom. The normalized spacial score (nSPS) is 32.1. The van der Waals surface area contributed by atoms with Crippen LogP contribution in [-0.2, 0) is 38.1 Å². The Morgan fingerprint density at radius 3 is 2.10 bits per heavy atom. The lowest BCUT2D eigenvalue weighted by atomic mass is 9.75. The van der Waals surface area contributed by atoms with E-state index in [0.29, 0.717) is 0 Å². The molecule has 58 heavy (non-hydrogen) atoms. The summed E-state index contributed by atoms with van der Waals surface area (Å²) in [6.07, 6.45) is -0.811. The lowest BCUT2D eigenvalue weighted by molar-refractivity contribution is -0.181. The third-order valence-electron chi connectivity index (χ3n) is 10.9. The van der Waals surface area contributed by atoms with Crippen LogP contribution in [0, 0.1) is 30.6 Å². The van der Waals surface area contributed by atoms with Crippen LogP contribution in [0.4, 0.5) is 5.69 Å². The van der Waals surface area contributed by atoms with Crippen LogP contribution in [0.3, 0.4) is 0 Å². The Kier molecular flexibility index (Phi) is 13.8. The van der Waals surface area contributed by atoms with Crippen LogP contribution < -0.4 is 10.1 Å². The minimum Gasteiger partial charge on any atom is -0.505 e. The number of ether oxygens (including phenoxy) is 5. The number of esters is 3. The fraction of sp³-hybridized carbons (Fsp3) is 0.500. The van der Waals surface area contributed by atoms with E-state index < -0.39 is 95.8 Å². The smallest absolute Gasteiger partial charge is 0.315 e. The number of methoxy groups -OCH3 is 1. The fourth-order valence-electron chi connectivity index (χ4n) is 7.63. The molecule has 1 aliphatic carbocycles. The molecular formula is C42H53NO15. The Morgan fingerprint density at radius 2 is 1.52 bits per heavy atom. The second-order valence-electron chi connectivity index (χ2n) is 15.3. The second-order valence-corrected chi connectivity index (χ2v) is 15.3. The molecule has 0 aromatic heterocycles. The number of phenolic OH excluding ortho intramolecular Hbond substituents is 1. The Balaban J connectivity index is 2.10. The number of carbonyl (C=O) groups is 5. The van der Waals surface area contributed by atoms with Crippen LogP contribution >= 0.6 is 0 Å². The molecule has 9 atom stereocenters. The number of anilines is 1. The number of aliphatic hydroxyl groups is 4. The van der Waals surface area contributed by atoms with Gasteiger partial charge in [-0.2, -0.15) is 0 Å². The van der Waals surface area contributed by atoms with E-state index in [1.807, 2.05) is 0 Å². The monoisotopic (exact) mass is 811 g/mol. The number of hydrogen-bond donors (Lipinski definition) is 6. The molecule has 16 heteroatoms. The van der Waals surface area contributed by atoms with Gasteiger partial charge in [0, 0.05) is 53.9 Å². The molecule has 0 saturated carbocycles. The minimum atomic E-state index is -2.22. The molecule has 4 bridgehead atoms. The number of fused-ring (bicyclic) bond motifs is 14. The maximum atomic E-state index is 14.0. The maximum absolute atomic E-state index is 14.0. The van der Waals surface area contributed by atoms with Crippen LogP contribution in [0.1, 0.15) is 83.8 Å². The van der Waals surface area contributed by atoms with Gasteiger partial charge in [0.05, 0.1) is 42.2 Å². The zero-order chi connectivity index (χ0) is 43.7. The molecule has 1 amide bonds. The summed E-state index contributed by atoms with van der Waals surface area (Å²) in [6, 6.07) is 0. The molecule has 1 aromatic rings. The number of benzene rings is 1. The highest BCUT2D eigenvalue weighted by Crippen LogP contribution is 2.53. The van der Waals surface area contributed by atoms with Crippen molar-refractivity contribution in [2.45, 2.75) is 99.3 Å². The fourth-order valence-corrected chi connectivity index (χ4v) is 7.63. The first-order valence-electron chi connectivity index (χ1n) is 18.7. The van der Waals surface area contributed by atoms with Gasteiger partial charge in [-0.05, 0) is 46.3 Å². The summed E-state index contributed by atoms with van der Waals surface area (Å²) in [5, 5.41) is 61.2. The molecule has 0 spiro atoms. The third kappa shape index (κ3) is 8.74. The SMILES string of the molecule is COC(=O)[C@@H]1[C@@H](O)[C@H](C)[C@@H](O)[C@H](C)/C=C\C=C(/C)C(=O)Nc2c(C)c(OC(C)=O)c3c(c2O)C(=O)C(C)=C2OCOC(=C23)/C(C)=C\[C@@](C)(O)[C@@H](O)[C@H](C)[C@H]1OC(C)=O. The first kappa shape index (κ1) is 45.4. The highest BCUT2D eigenvalue weighted by Gasteiger charge is 2.49. The summed E-state index contributed by atoms with van der Waals surface area (Å²) < 4.78 is 28.0. The van der Waals surface area contributed by atoms with E-state index in [9.17, 15) is 49.5 Å². The number of Topliss-reactive ketones (excluding diaryl/α,β-unsaturated/α-hetero) is 1. The van der Waals surface area contributed by atoms with Gasteiger partial charge in [-0.3, -0.25) is 24.0 Å². The predicted molar refractivity (Wildman–Crippen MR) is 208 cm³/mol. The lowest BCUT2D eigenvalue weighted by Crippen LogP contribution is -2.54. The van der Waals surface area contributed by atoms with Gasteiger partial charge >= 0.3 is 17.9 Å². The zero-order valence-electron chi connectivity index (χ0n) is 34.5. The average molecular weight is 812 g/mol. The molecule has 0 saturated heterocycles. The van der Waals surface area contributed by atoms with E-state index in [1.54, 1.807) is 13.0 Å². The van der Waals surface area contributed by atoms with E-state index >= 15 is 0 Å². The van der Waals surface area contributed by atoms with E-state index in [4.69, 9.17) is 23.7 Å². The van der Waals surface area contributed by atoms with Crippen molar-refractivity contribution in [1.29, 1.82) is 0 Å². The summed E-state index contributed by atoms with van der Waals surface area (Å²) in [4.78, 5) is 66.1. The molecule has 0 unspecified atom stereocenters. The molecule has 6 N–H and O–H groups in total. The molecule has 0 fully saturated rings. The number of allylic oxidation sites excluding steroid dienone is 5.